The van der Waals surface area contributed by atoms with Crippen molar-refractivity contribution >= 4 is 17.6 Å². The number of hydrogen-bond acceptors (Lipinski definition) is 3. The van der Waals surface area contributed by atoms with E-state index < -0.39 is 17.4 Å². The molecule has 1 aromatic carbocycles. The van der Waals surface area contributed by atoms with Crippen LogP contribution in [0.5, 0.6) is 5.75 Å². The number of halogens is 2. The second kappa shape index (κ2) is 7.14. The minimum absolute atomic E-state index is 0.164. The molecule has 2 bridgehead atoms. The molecular formula is C20H26ClFO3. The molecule has 2 aliphatic rings. The van der Waals surface area contributed by atoms with Gasteiger partial charge in [-0.2, -0.15) is 0 Å². The van der Waals surface area contributed by atoms with E-state index in [9.17, 15) is 9.18 Å². The second-order valence-corrected chi connectivity index (χ2v) is 8.87. The van der Waals surface area contributed by atoms with Crippen LogP contribution in [0.3, 0.4) is 0 Å². The van der Waals surface area contributed by atoms with Crippen molar-refractivity contribution in [3.05, 3.63) is 28.5 Å². The van der Waals surface area contributed by atoms with E-state index in [-0.39, 0.29) is 10.6 Å². The van der Waals surface area contributed by atoms with E-state index in [1.54, 1.807) is 20.8 Å². The molecule has 3 rings (SSSR count). The number of ether oxygens (including phenoxy) is 2. The first-order valence-corrected chi connectivity index (χ1v) is 9.44. The van der Waals surface area contributed by atoms with E-state index in [1.807, 2.05) is 0 Å². The molecule has 3 nitrogen and oxygen atoms in total. The number of esters is 1. The first kappa shape index (κ1) is 18.5. The van der Waals surface area contributed by atoms with Gasteiger partial charge in [-0.3, -0.25) is 0 Å². The standard InChI is InChI=1S/C20H26ClFO3/c1-20(2,3)25-19(23)15-9-16(21)18(10-17(15)22)24-11-14-7-12-4-5-13(6-12)8-14/h9-10,12-14H,4-8,11H2,1-3H3/t12-,13+,14?. The fraction of sp³-hybridized carbons (Fsp3) is 0.650. The molecule has 0 aromatic heterocycles. The number of carbonyl (C=O) groups is 1. The fourth-order valence-electron chi connectivity index (χ4n) is 4.12. The fourth-order valence-corrected chi connectivity index (χ4v) is 4.34. The predicted molar refractivity (Wildman–Crippen MR) is 95.6 cm³/mol. The maximum absolute atomic E-state index is 14.3. The molecule has 1 aromatic rings. The maximum atomic E-state index is 14.3. The largest absolute Gasteiger partial charge is 0.492 e. The molecular weight excluding hydrogens is 343 g/mol. The molecule has 0 heterocycles. The van der Waals surface area contributed by atoms with E-state index in [2.05, 4.69) is 0 Å². The zero-order valence-electron chi connectivity index (χ0n) is 15.1. The lowest BCUT2D eigenvalue weighted by Gasteiger charge is -2.27. The van der Waals surface area contributed by atoms with Crippen LogP contribution in [0.15, 0.2) is 12.1 Å². The van der Waals surface area contributed by atoms with E-state index in [0.717, 1.165) is 11.8 Å². The van der Waals surface area contributed by atoms with Gasteiger partial charge < -0.3 is 9.47 Å². The Hall–Kier alpha value is -1.29. The van der Waals surface area contributed by atoms with Gasteiger partial charge in [-0.25, -0.2) is 9.18 Å². The monoisotopic (exact) mass is 368 g/mol. The Labute approximate surface area is 153 Å². The molecule has 2 fully saturated rings. The van der Waals surface area contributed by atoms with Gasteiger partial charge in [-0.15, -0.1) is 0 Å². The van der Waals surface area contributed by atoms with Gasteiger partial charge in [-0.05, 0) is 63.9 Å². The lowest BCUT2D eigenvalue weighted by molar-refractivity contribution is 0.00646. The summed E-state index contributed by atoms with van der Waals surface area (Å²) < 4.78 is 25.3. The summed E-state index contributed by atoms with van der Waals surface area (Å²) in [7, 11) is 0. The van der Waals surface area contributed by atoms with Crippen LogP contribution in [0.2, 0.25) is 5.02 Å². The quantitative estimate of drug-likeness (QED) is 0.645. The number of hydrogen-bond donors (Lipinski definition) is 0. The third kappa shape index (κ3) is 4.66. The van der Waals surface area contributed by atoms with Crippen LogP contribution in [0.1, 0.15) is 63.2 Å². The molecule has 0 N–H and O–H groups in total. The minimum Gasteiger partial charge on any atom is -0.492 e. The summed E-state index contributed by atoms with van der Waals surface area (Å²) in [4.78, 5) is 12.1. The molecule has 0 aliphatic heterocycles. The van der Waals surface area contributed by atoms with Gasteiger partial charge in [0.2, 0.25) is 0 Å². The van der Waals surface area contributed by atoms with Crippen LogP contribution in [0.25, 0.3) is 0 Å². The molecule has 1 unspecified atom stereocenters. The van der Waals surface area contributed by atoms with Crippen molar-refractivity contribution < 1.29 is 18.7 Å². The van der Waals surface area contributed by atoms with Gasteiger partial charge in [0, 0.05) is 6.07 Å². The van der Waals surface area contributed by atoms with Crippen molar-refractivity contribution in [2.24, 2.45) is 17.8 Å². The van der Waals surface area contributed by atoms with Crippen LogP contribution < -0.4 is 4.74 Å². The van der Waals surface area contributed by atoms with Crippen LogP contribution in [0.4, 0.5) is 4.39 Å². The smallest absolute Gasteiger partial charge is 0.341 e. The topological polar surface area (TPSA) is 35.5 Å². The van der Waals surface area contributed by atoms with Gasteiger partial charge in [0.05, 0.1) is 17.2 Å². The minimum atomic E-state index is -0.720. The summed E-state index contributed by atoms with van der Waals surface area (Å²) in [6.45, 7) is 5.76. The average molecular weight is 369 g/mol. The van der Waals surface area contributed by atoms with Crippen molar-refractivity contribution in [1.82, 2.24) is 0 Å². The summed E-state index contributed by atoms with van der Waals surface area (Å²) in [5.41, 5.74) is -0.853. The van der Waals surface area contributed by atoms with Gasteiger partial charge in [0.1, 0.15) is 17.2 Å². The summed E-state index contributed by atoms with van der Waals surface area (Å²) in [6, 6.07) is 2.49. The zero-order valence-corrected chi connectivity index (χ0v) is 15.9. The summed E-state index contributed by atoms with van der Waals surface area (Å²) >= 11 is 6.20. The van der Waals surface area contributed by atoms with Crippen LogP contribution in [-0.2, 0) is 4.74 Å². The van der Waals surface area contributed by atoms with Crippen LogP contribution >= 0.6 is 11.6 Å². The SMILES string of the molecule is CC(C)(C)OC(=O)c1cc(Cl)c(OCC2C[C@H]3CC[C@@H](C2)C3)cc1F. The summed E-state index contributed by atoms with van der Waals surface area (Å²) in [6.07, 6.45) is 6.40. The van der Waals surface area contributed by atoms with E-state index in [1.165, 1.54) is 44.2 Å². The Morgan fingerprint density at radius 1 is 1.20 bits per heavy atom. The Bertz CT molecular complexity index is 641. The molecule has 2 aliphatic carbocycles. The van der Waals surface area contributed by atoms with Crippen LogP contribution in [0, 0.1) is 23.6 Å². The lowest BCUT2D eigenvalue weighted by Crippen LogP contribution is -2.24. The second-order valence-electron chi connectivity index (χ2n) is 8.46. The zero-order chi connectivity index (χ0) is 18.2. The molecule has 5 heteroatoms. The van der Waals surface area contributed by atoms with Crippen molar-refractivity contribution in [2.45, 2.75) is 58.5 Å². The molecule has 0 spiro atoms. The average Bonchev–Trinajstić information content (AvgIpc) is 2.84. The first-order chi connectivity index (χ1) is 11.7. The first-order valence-electron chi connectivity index (χ1n) is 9.06. The van der Waals surface area contributed by atoms with Gasteiger partial charge in [0.15, 0.2) is 0 Å². The highest BCUT2D eigenvalue weighted by atomic mass is 35.5. The van der Waals surface area contributed by atoms with E-state index in [4.69, 9.17) is 21.1 Å². The van der Waals surface area contributed by atoms with E-state index in [0.29, 0.717) is 18.3 Å². The molecule has 2 saturated carbocycles. The van der Waals surface area contributed by atoms with Crippen molar-refractivity contribution in [3.8, 4) is 5.75 Å². The summed E-state index contributed by atoms with van der Waals surface area (Å²) in [5, 5.41) is 0.237. The third-order valence-electron chi connectivity index (χ3n) is 5.10. The highest BCUT2D eigenvalue weighted by Gasteiger charge is 2.34. The Morgan fingerprint density at radius 2 is 1.84 bits per heavy atom. The third-order valence-corrected chi connectivity index (χ3v) is 5.39. The van der Waals surface area contributed by atoms with Crippen molar-refractivity contribution in [1.29, 1.82) is 0 Å². The Balaban J connectivity index is 1.64. The molecule has 0 amide bonds. The van der Waals surface area contributed by atoms with Gasteiger partial charge >= 0.3 is 5.97 Å². The molecule has 25 heavy (non-hydrogen) atoms. The van der Waals surface area contributed by atoms with Crippen molar-refractivity contribution in [3.63, 3.8) is 0 Å². The van der Waals surface area contributed by atoms with Crippen LogP contribution in [-0.4, -0.2) is 18.2 Å². The van der Waals surface area contributed by atoms with Gasteiger partial charge in [-0.1, -0.05) is 24.4 Å². The molecule has 3 atom stereocenters. The number of rotatable bonds is 4. The Kier molecular flexibility index (Phi) is 5.29. The van der Waals surface area contributed by atoms with Gasteiger partial charge in [0.25, 0.3) is 0 Å². The maximum Gasteiger partial charge on any atom is 0.341 e. The predicted octanol–water partition coefficient (Wildman–Crippen LogP) is 5.64. The van der Waals surface area contributed by atoms with Crippen molar-refractivity contribution in [2.75, 3.05) is 6.61 Å². The molecule has 0 radical (unpaired) electrons. The normalized spacial score (nSPS) is 25.7. The molecule has 0 saturated heterocycles. The lowest BCUT2D eigenvalue weighted by atomic mass is 9.81. The van der Waals surface area contributed by atoms with E-state index >= 15 is 0 Å². The highest BCUT2D eigenvalue weighted by molar-refractivity contribution is 6.32. The molecule has 138 valence electrons. The number of carbonyl (C=O) groups excluding carboxylic acids is 1. The number of benzene rings is 1. The number of fused-ring (bicyclic) bond motifs is 2. The highest BCUT2D eigenvalue weighted by Crippen LogP contribution is 2.44. The Morgan fingerprint density at radius 3 is 2.44 bits per heavy atom. The summed E-state index contributed by atoms with van der Waals surface area (Å²) in [5.74, 6) is 1.07.